The van der Waals surface area contributed by atoms with E-state index < -0.39 is 11.9 Å². The van der Waals surface area contributed by atoms with Crippen LogP contribution in [0.25, 0.3) is 0 Å². The molecule has 1 amide bonds. The molecule has 6 heteroatoms. The average molecular weight is 160 g/mol. The van der Waals surface area contributed by atoms with Crippen molar-refractivity contribution in [1.82, 2.24) is 5.43 Å². The van der Waals surface area contributed by atoms with Crippen LogP contribution in [0.5, 0.6) is 0 Å². The zero-order valence-electron chi connectivity index (χ0n) is 6.04. The van der Waals surface area contributed by atoms with Crippen LogP contribution in [0.3, 0.4) is 0 Å². The summed E-state index contributed by atoms with van der Waals surface area (Å²) in [4.78, 5) is 21.2. The fourth-order valence-corrected chi connectivity index (χ4v) is 0.528. The number of Topliss-reactive ketones (excluding diaryl/α,β-unsaturated/α-hetero) is 1. The number of ketones is 1. The van der Waals surface area contributed by atoms with Crippen molar-refractivity contribution in [2.75, 3.05) is 6.54 Å². The third-order valence-corrected chi connectivity index (χ3v) is 1.15. The predicted molar refractivity (Wildman–Crippen MR) is 39.0 cm³/mol. The number of nitrogens with one attached hydrogen (secondary N) is 1. The molecule has 64 valence electrons. The van der Waals surface area contributed by atoms with Crippen molar-refractivity contribution in [3.63, 3.8) is 0 Å². The lowest BCUT2D eigenvalue weighted by molar-refractivity contribution is -0.126. The Labute approximate surface area is 64.1 Å². The predicted octanol–water partition coefficient (Wildman–Crippen LogP) is -2.78. The van der Waals surface area contributed by atoms with E-state index in [0.29, 0.717) is 0 Å². The van der Waals surface area contributed by atoms with Gasteiger partial charge in [0.1, 0.15) is 5.78 Å². The highest BCUT2D eigenvalue weighted by molar-refractivity contribution is 5.89. The molecule has 0 fully saturated rings. The maximum Gasteiger partial charge on any atom is 0.251 e. The van der Waals surface area contributed by atoms with Gasteiger partial charge in [-0.1, -0.05) is 0 Å². The van der Waals surface area contributed by atoms with Crippen LogP contribution in [0, 0.1) is 0 Å². The molecule has 0 aromatic heterocycles. The fourth-order valence-electron chi connectivity index (χ4n) is 0.528. The number of carbonyl (C=O) groups is 2. The van der Waals surface area contributed by atoms with Gasteiger partial charge in [-0.05, 0) is 0 Å². The number of hydrogen-bond donors (Lipinski definition) is 4. The van der Waals surface area contributed by atoms with Crippen molar-refractivity contribution in [1.29, 1.82) is 0 Å². The van der Waals surface area contributed by atoms with Gasteiger partial charge in [0, 0.05) is 6.42 Å². The molecule has 6 nitrogen and oxygen atoms in total. The molecule has 0 aromatic rings. The van der Waals surface area contributed by atoms with E-state index in [2.05, 4.69) is 0 Å². The van der Waals surface area contributed by atoms with Crippen molar-refractivity contribution >= 4 is 11.7 Å². The van der Waals surface area contributed by atoms with Crippen LogP contribution in [0.15, 0.2) is 0 Å². The van der Waals surface area contributed by atoms with Gasteiger partial charge < -0.3 is 11.5 Å². The first-order valence-corrected chi connectivity index (χ1v) is 3.09. The number of hydrazine groups is 1. The van der Waals surface area contributed by atoms with Crippen molar-refractivity contribution in [2.24, 2.45) is 17.3 Å². The van der Waals surface area contributed by atoms with Gasteiger partial charge in [-0.2, -0.15) is 0 Å². The first-order valence-electron chi connectivity index (χ1n) is 3.09. The molecule has 0 bridgehead atoms. The van der Waals surface area contributed by atoms with Crippen LogP contribution in [-0.4, -0.2) is 24.3 Å². The Morgan fingerprint density at radius 2 is 2.00 bits per heavy atom. The number of hydrogen-bond acceptors (Lipinski definition) is 5. The maximum atomic E-state index is 10.6. The first-order chi connectivity index (χ1) is 5.11. The Morgan fingerprint density at radius 3 is 2.36 bits per heavy atom. The zero-order valence-corrected chi connectivity index (χ0v) is 6.04. The monoisotopic (exact) mass is 160 g/mol. The molecule has 1 atom stereocenters. The highest BCUT2D eigenvalue weighted by Crippen LogP contribution is 1.87. The Morgan fingerprint density at radius 1 is 1.45 bits per heavy atom. The Kier molecular flexibility index (Phi) is 4.35. The molecular formula is C5H12N4O2. The highest BCUT2D eigenvalue weighted by atomic mass is 16.2. The average Bonchev–Trinajstić information content (AvgIpc) is 2.02. The standard InChI is InChI=1S/C5H12N4O2/c6-2-3(10)1-4(7)5(11)9-8/h4H,1-2,6-8H2,(H,9,11)/t4-/m0/s1. The molecule has 0 aliphatic carbocycles. The summed E-state index contributed by atoms with van der Waals surface area (Å²) in [6, 6.07) is -0.893. The van der Waals surface area contributed by atoms with Crippen molar-refractivity contribution in [3.8, 4) is 0 Å². The minimum absolute atomic E-state index is 0.0699. The van der Waals surface area contributed by atoms with Gasteiger partial charge in [-0.3, -0.25) is 15.0 Å². The van der Waals surface area contributed by atoms with E-state index in [-0.39, 0.29) is 18.7 Å². The van der Waals surface area contributed by atoms with E-state index in [1.165, 1.54) is 0 Å². The quantitative estimate of drug-likeness (QED) is 0.201. The van der Waals surface area contributed by atoms with E-state index >= 15 is 0 Å². The highest BCUT2D eigenvalue weighted by Gasteiger charge is 2.14. The molecule has 11 heavy (non-hydrogen) atoms. The van der Waals surface area contributed by atoms with Crippen LogP contribution in [0.4, 0.5) is 0 Å². The lowest BCUT2D eigenvalue weighted by Crippen LogP contribution is -2.45. The lowest BCUT2D eigenvalue weighted by Gasteiger charge is -2.06. The SMILES string of the molecule is NCC(=O)C[C@H](N)C(=O)NN. The molecule has 0 aliphatic heterocycles. The van der Waals surface area contributed by atoms with Crippen LogP contribution >= 0.6 is 0 Å². The van der Waals surface area contributed by atoms with Crippen LogP contribution in [0.1, 0.15) is 6.42 Å². The maximum absolute atomic E-state index is 10.6. The molecule has 0 aromatic carbocycles. The minimum atomic E-state index is -0.893. The second-order valence-electron chi connectivity index (χ2n) is 2.06. The summed E-state index contributed by atoms with van der Waals surface area (Å²) in [5.41, 5.74) is 12.1. The number of rotatable bonds is 4. The van der Waals surface area contributed by atoms with Crippen LogP contribution in [-0.2, 0) is 9.59 Å². The van der Waals surface area contributed by atoms with Gasteiger partial charge in [0.15, 0.2) is 0 Å². The van der Waals surface area contributed by atoms with Crippen molar-refractivity contribution in [3.05, 3.63) is 0 Å². The Bertz CT molecular complexity index is 159. The molecule has 0 spiro atoms. The molecular weight excluding hydrogens is 148 g/mol. The molecule has 0 saturated heterocycles. The molecule has 0 heterocycles. The first kappa shape index (κ1) is 10.0. The van der Waals surface area contributed by atoms with Crippen LogP contribution < -0.4 is 22.7 Å². The van der Waals surface area contributed by atoms with Gasteiger partial charge in [0.2, 0.25) is 0 Å². The normalized spacial score (nSPS) is 12.3. The summed E-state index contributed by atoms with van der Waals surface area (Å²) < 4.78 is 0. The molecule has 0 aliphatic rings. The van der Waals surface area contributed by atoms with Gasteiger partial charge >= 0.3 is 0 Å². The third-order valence-electron chi connectivity index (χ3n) is 1.15. The topological polar surface area (TPSA) is 124 Å². The molecule has 7 N–H and O–H groups in total. The third kappa shape index (κ3) is 3.66. The summed E-state index contributed by atoms with van der Waals surface area (Å²) >= 11 is 0. The summed E-state index contributed by atoms with van der Waals surface area (Å²) in [6.45, 7) is -0.106. The summed E-state index contributed by atoms with van der Waals surface area (Å²) in [6.07, 6.45) is -0.0699. The van der Waals surface area contributed by atoms with E-state index in [1.54, 1.807) is 0 Å². The zero-order chi connectivity index (χ0) is 8.85. The molecule has 0 unspecified atom stereocenters. The van der Waals surface area contributed by atoms with Gasteiger partial charge in [0.25, 0.3) is 5.91 Å². The Balaban J connectivity index is 3.77. The second-order valence-corrected chi connectivity index (χ2v) is 2.06. The second kappa shape index (κ2) is 4.78. The van der Waals surface area contributed by atoms with E-state index in [4.69, 9.17) is 17.3 Å². The van der Waals surface area contributed by atoms with E-state index in [1.807, 2.05) is 5.43 Å². The molecule has 0 rings (SSSR count). The number of amides is 1. The molecule has 0 saturated carbocycles. The Hall–Kier alpha value is -0.980. The minimum Gasteiger partial charge on any atom is -0.324 e. The fraction of sp³-hybridized carbons (Fsp3) is 0.600. The van der Waals surface area contributed by atoms with E-state index in [0.717, 1.165) is 0 Å². The summed E-state index contributed by atoms with van der Waals surface area (Å²) in [7, 11) is 0. The van der Waals surface area contributed by atoms with Crippen LogP contribution in [0.2, 0.25) is 0 Å². The largest absolute Gasteiger partial charge is 0.324 e. The van der Waals surface area contributed by atoms with E-state index in [9.17, 15) is 9.59 Å². The molecule has 0 radical (unpaired) electrons. The summed E-state index contributed by atoms with van der Waals surface area (Å²) in [5.74, 6) is 3.94. The van der Waals surface area contributed by atoms with Crippen molar-refractivity contribution < 1.29 is 9.59 Å². The number of carbonyl (C=O) groups excluding carboxylic acids is 2. The van der Waals surface area contributed by atoms with Gasteiger partial charge in [-0.15, -0.1) is 0 Å². The smallest absolute Gasteiger partial charge is 0.251 e. The summed E-state index contributed by atoms with van der Waals surface area (Å²) in [5, 5.41) is 0. The van der Waals surface area contributed by atoms with Gasteiger partial charge in [-0.25, -0.2) is 5.84 Å². The lowest BCUT2D eigenvalue weighted by atomic mass is 10.1. The van der Waals surface area contributed by atoms with Gasteiger partial charge in [0.05, 0.1) is 12.6 Å². The van der Waals surface area contributed by atoms with Crippen molar-refractivity contribution in [2.45, 2.75) is 12.5 Å². The number of nitrogens with two attached hydrogens (primary N) is 3.